The van der Waals surface area contributed by atoms with Crippen LogP contribution in [0.3, 0.4) is 0 Å². The molecule has 1 N–H and O–H groups in total. The van der Waals surface area contributed by atoms with E-state index in [-0.39, 0.29) is 11.4 Å². The van der Waals surface area contributed by atoms with Gasteiger partial charge in [0.25, 0.3) is 0 Å². The molecule has 0 spiro atoms. The minimum atomic E-state index is -3.61. The molecule has 23 heavy (non-hydrogen) atoms. The number of hydrogen-bond acceptors (Lipinski definition) is 4. The Balaban J connectivity index is 1.70. The molecule has 1 aromatic carbocycles. The monoisotopic (exact) mass is 348 g/mol. The van der Waals surface area contributed by atoms with E-state index in [0.29, 0.717) is 10.8 Å². The van der Waals surface area contributed by atoms with Crippen molar-refractivity contribution >= 4 is 21.6 Å². The van der Waals surface area contributed by atoms with Crippen molar-refractivity contribution in [3.63, 3.8) is 0 Å². The van der Waals surface area contributed by atoms with Gasteiger partial charge in [0.2, 0.25) is 10.0 Å². The number of hydrogen-bond donors (Lipinski definition) is 1. The minimum Gasteiger partial charge on any atom is -0.237 e. The summed E-state index contributed by atoms with van der Waals surface area (Å²) in [5.41, 5.74) is 0.742. The van der Waals surface area contributed by atoms with E-state index in [2.05, 4.69) is 14.8 Å². The van der Waals surface area contributed by atoms with Crippen LogP contribution >= 0.6 is 11.6 Å². The van der Waals surface area contributed by atoms with Crippen molar-refractivity contribution in [3.8, 4) is 5.82 Å². The molecule has 0 atom stereocenters. The Morgan fingerprint density at radius 2 is 2.04 bits per heavy atom. The van der Waals surface area contributed by atoms with Crippen molar-refractivity contribution in [1.82, 2.24) is 19.5 Å². The molecule has 0 saturated carbocycles. The van der Waals surface area contributed by atoms with E-state index >= 15 is 0 Å². The third-order valence-corrected chi connectivity index (χ3v) is 4.75. The van der Waals surface area contributed by atoms with Gasteiger partial charge in [0.1, 0.15) is 0 Å². The summed E-state index contributed by atoms with van der Waals surface area (Å²) in [6.07, 6.45) is 5.05. The Labute approximate surface area is 138 Å². The molecule has 0 fully saturated rings. The molecule has 6 nitrogen and oxygen atoms in total. The minimum absolute atomic E-state index is 0.131. The predicted octanol–water partition coefficient (Wildman–Crippen LogP) is 2.40. The average Bonchev–Trinajstić information content (AvgIpc) is 3.08. The van der Waals surface area contributed by atoms with Gasteiger partial charge in [-0.1, -0.05) is 23.7 Å². The first kappa shape index (κ1) is 15.7. The third kappa shape index (κ3) is 3.76. The summed E-state index contributed by atoms with van der Waals surface area (Å²) in [5.74, 6) is 0.663. The Kier molecular flexibility index (Phi) is 4.42. The van der Waals surface area contributed by atoms with E-state index in [1.807, 2.05) is 0 Å². The van der Waals surface area contributed by atoms with Gasteiger partial charge in [-0.25, -0.2) is 22.8 Å². The number of halogens is 1. The van der Waals surface area contributed by atoms with Crippen LogP contribution in [0.4, 0.5) is 0 Å². The van der Waals surface area contributed by atoms with Crippen molar-refractivity contribution in [3.05, 3.63) is 71.6 Å². The van der Waals surface area contributed by atoms with Gasteiger partial charge >= 0.3 is 0 Å². The SMILES string of the molecule is O=S(=O)(NCc1ccc(-n2cccn2)nc1)c1cccc(Cl)c1. The van der Waals surface area contributed by atoms with Gasteiger partial charge in [-0.3, -0.25) is 0 Å². The van der Waals surface area contributed by atoms with Crippen LogP contribution in [-0.2, 0) is 16.6 Å². The maximum atomic E-state index is 12.2. The van der Waals surface area contributed by atoms with Crippen molar-refractivity contribution < 1.29 is 8.42 Å². The zero-order valence-corrected chi connectivity index (χ0v) is 13.5. The van der Waals surface area contributed by atoms with E-state index < -0.39 is 10.0 Å². The molecule has 2 aromatic heterocycles. The molecule has 3 aromatic rings. The number of aromatic nitrogens is 3. The number of benzene rings is 1. The van der Waals surface area contributed by atoms with Crippen LogP contribution < -0.4 is 4.72 Å². The fraction of sp³-hybridized carbons (Fsp3) is 0.0667. The van der Waals surface area contributed by atoms with Gasteiger partial charge in [-0.05, 0) is 35.9 Å². The highest BCUT2D eigenvalue weighted by Crippen LogP contribution is 2.15. The predicted molar refractivity (Wildman–Crippen MR) is 86.8 cm³/mol. The number of rotatable bonds is 5. The number of sulfonamides is 1. The van der Waals surface area contributed by atoms with Gasteiger partial charge < -0.3 is 0 Å². The Morgan fingerprint density at radius 3 is 2.70 bits per heavy atom. The first-order valence-corrected chi connectivity index (χ1v) is 8.61. The highest BCUT2D eigenvalue weighted by molar-refractivity contribution is 7.89. The number of nitrogens with zero attached hydrogens (tertiary/aromatic N) is 3. The normalized spacial score (nSPS) is 11.5. The number of pyridine rings is 1. The Morgan fingerprint density at radius 1 is 1.17 bits per heavy atom. The smallest absolute Gasteiger partial charge is 0.237 e. The van der Waals surface area contributed by atoms with Crippen LogP contribution in [0.25, 0.3) is 5.82 Å². The van der Waals surface area contributed by atoms with Crippen molar-refractivity contribution in [2.24, 2.45) is 0 Å². The van der Waals surface area contributed by atoms with Crippen LogP contribution in [0, 0.1) is 0 Å². The molecule has 0 bridgehead atoms. The molecule has 0 aliphatic rings. The quantitative estimate of drug-likeness (QED) is 0.768. The Hall–Kier alpha value is -2.22. The van der Waals surface area contributed by atoms with Gasteiger partial charge in [0, 0.05) is 30.2 Å². The molecular formula is C15H13ClN4O2S. The van der Waals surface area contributed by atoms with Crippen molar-refractivity contribution in [2.75, 3.05) is 0 Å². The lowest BCUT2D eigenvalue weighted by molar-refractivity contribution is 0.581. The van der Waals surface area contributed by atoms with Gasteiger partial charge in [-0.15, -0.1) is 0 Å². The van der Waals surface area contributed by atoms with Gasteiger partial charge in [-0.2, -0.15) is 5.10 Å². The van der Waals surface area contributed by atoms with Crippen molar-refractivity contribution in [1.29, 1.82) is 0 Å². The van der Waals surface area contributed by atoms with Crippen LogP contribution in [0.1, 0.15) is 5.56 Å². The van der Waals surface area contributed by atoms with Gasteiger partial charge in [0.05, 0.1) is 4.90 Å². The first-order chi connectivity index (χ1) is 11.0. The summed E-state index contributed by atoms with van der Waals surface area (Å²) >= 11 is 5.82. The second-order valence-electron chi connectivity index (χ2n) is 4.76. The summed E-state index contributed by atoms with van der Waals surface area (Å²) < 4.78 is 28.6. The van der Waals surface area contributed by atoms with Crippen LogP contribution in [0.2, 0.25) is 5.02 Å². The van der Waals surface area contributed by atoms with Crippen LogP contribution in [-0.4, -0.2) is 23.2 Å². The topological polar surface area (TPSA) is 76.9 Å². The van der Waals surface area contributed by atoms with Crippen molar-refractivity contribution in [2.45, 2.75) is 11.4 Å². The maximum absolute atomic E-state index is 12.2. The largest absolute Gasteiger partial charge is 0.240 e. The number of nitrogens with one attached hydrogen (secondary N) is 1. The highest BCUT2D eigenvalue weighted by Gasteiger charge is 2.14. The molecule has 0 aliphatic heterocycles. The summed E-state index contributed by atoms with van der Waals surface area (Å²) in [5, 5.41) is 4.45. The molecule has 0 saturated heterocycles. The van der Waals surface area contributed by atoms with E-state index in [0.717, 1.165) is 5.56 Å². The average molecular weight is 349 g/mol. The fourth-order valence-electron chi connectivity index (χ4n) is 1.96. The van der Waals surface area contributed by atoms with E-state index in [9.17, 15) is 8.42 Å². The summed E-state index contributed by atoms with van der Waals surface area (Å²) in [6.45, 7) is 0.140. The van der Waals surface area contributed by atoms with E-state index in [4.69, 9.17) is 11.6 Å². The molecule has 8 heteroatoms. The third-order valence-electron chi connectivity index (χ3n) is 3.12. The molecule has 0 amide bonds. The van der Waals surface area contributed by atoms with Crippen LogP contribution in [0.5, 0.6) is 0 Å². The summed E-state index contributed by atoms with van der Waals surface area (Å²) in [4.78, 5) is 4.38. The van der Waals surface area contributed by atoms with Gasteiger partial charge in [0.15, 0.2) is 5.82 Å². The fourth-order valence-corrected chi connectivity index (χ4v) is 3.28. The lowest BCUT2D eigenvalue weighted by Gasteiger charge is -2.07. The summed E-state index contributed by atoms with van der Waals surface area (Å²) in [7, 11) is -3.61. The first-order valence-electron chi connectivity index (χ1n) is 6.75. The zero-order chi connectivity index (χ0) is 16.3. The molecule has 0 aliphatic carbocycles. The second kappa shape index (κ2) is 6.49. The summed E-state index contributed by atoms with van der Waals surface area (Å²) in [6, 6.07) is 11.5. The highest BCUT2D eigenvalue weighted by atomic mass is 35.5. The van der Waals surface area contributed by atoms with Crippen LogP contribution in [0.15, 0.2) is 66.0 Å². The standard InChI is InChI=1S/C15H13ClN4O2S/c16-13-3-1-4-14(9-13)23(21,22)19-11-12-5-6-15(17-10-12)20-8-2-7-18-20/h1-10,19H,11H2. The second-order valence-corrected chi connectivity index (χ2v) is 6.96. The Bertz CT molecular complexity index is 893. The lowest BCUT2D eigenvalue weighted by Crippen LogP contribution is -2.23. The molecule has 118 valence electrons. The molecule has 0 radical (unpaired) electrons. The molecule has 0 unspecified atom stereocenters. The lowest BCUT2D eigenvalue weighted by atomic mass is 10.3. The van der Waals surface area contributed by atoms with E-state index in [1.54, 1.807) is 53.6 Å². The molecule has 2 heterocycles. The zero-order valence-electron chi connectivity index (χ0n) is 11.9. The molecule has 3 rings (SSSR count). The maximum Gasteiger partial charge on any atom is 0.240 e. The van der Waals surface area contributed by atoms with E-state index in [1.165, 1.54) is 12.1 Å². The molecular weight excluding hydrogens is 336 g/mol.